The van der Waals surface area contributed by atoms with E-state index in [1.807, 2.05) is 12.1 Å². The smallest absolute Gasteiger partial charge is 0.266 e. The molecule has 3 atom stereocenters. The van der Waals surface area contributed by atoms with E-state index in [4.69, 9.17) is 4.74 Å². The number of anilines is 2. The van der Waals surface area contributed by atoms with Crippen LogP contribution in [0.4, 0.5) is 24.5 Å². The zero-order valence-corrected chi connectivity index (χ0v) is 17.1. The summed E-state index contributed by atoms with van der Waals surface area (Å²) in [7, 11) is 0. The number of nitrogens with zero attached hydrogens (tertiary/aromatic N) is 3. The molecule has 2 aliphatic heterocycles. The van der Waals surface area contributed by atoms with E-state index in [0.717, 1.165) is 43.4 Å². The Kier molecular flexibility index (Phi) is 5.17. The first-order valence-electron chi connectivity index (χ1n) is 10.4. The minimum atomic E-state index is -2.86. The minimum Gasteiger partial charge on any atom is -0.381 e. The van der Waals surface area contributed by atoms with Crippen molar-refractivity contribution in [1.29, 1.82) is 0 Å². The van der Waals surface area contributed by atoms with Crippen LogP contribution in [0.25, 0.3) is 10.9 Å². The van der Waals surface area contributed by atoms with Crippen molar-refractivity contribution < 1.29 is 17.9 Å². The fourth-order valence-corrected chi connectivity index (χ4v) is 4.64. The molecule has 8 heteroatoms. The van der Waals surface area contributed by atoms with Crippen LogP contribution in [0, 0.1) is 17.7 Å². The van der Waals surface area contributed by atoms with Crippen LogP contribution >= 0.6 is 0 Å². The standard InChI is InChI=1S/C23H23F3N4O/c1-13(17-3-2-4-18(22(17)24)23(25)26)28-21-8-27-29-20-6-5-16(7-19(20)21)30-9-14-11-31-12-15(14)10-30/h2-8,13-15,23H,9-12H2,1H3,(H,28,29)/t13-,14-,15+/m1/s1. The number of ether oxygens (including phenoxy) is 1. The van der Waals surface area contributed by atoms with E-state index in [9.17, 15) is 13.2 Å². The molecule has 162 valence electrons. The predicted molar refractivity (Wildman–Crippen MR) is 113 cm³/mol. The maximum Gasteiger partial charge on any atom is 0.266 e. The lowest BCUT2D eigenvalue weighted by Crippen LogP contribution is -2.22. The number of aromatic nitrogens is 2. The van der Waals surface area contributed by atoms with Crippen molar-refractivity contribution in [2.45, 2.75) is 19.4 Å². The summed E-state index contributed by atoms with van der Waals surface area (Å²) in [6.45, 7) is 5.28. The number of alkyl halides is 2. The maximum absolute atomic E-state index is 14.6. The number of benzene rings is 2. The molecule has 0 bridgehead atoms. The third-order valence-corrected chi connectivity index (χ3v) is 6.36. The van der Waals surface area contributed by atoms with Gasteiger partial charge in [0.2, 0.25) is 0 Å². The number of nitrogens with one attached hydrogen (secondary N) is 1. The van der Waals surface area contributed by atoms with Crippen molar-refractivity contribution in [2.24, 2.45) is 11.8 Å². The van der Waals surface area contributed by atoms with E-state index < -0.39 is 23.8 Å². The van der Waals surface area contributed by atoms with Crippen LogP contribution in [0.15, 0.2) is 42.6 Å². The molecule has 0 spiro atoms. The van der Waals surface area contributed by atoms with E-state index in [2.05, 4.69) is 26.5 Å². The highest BCUT2D eigenvalue weighted by Gasteiger charge is 2.37. The number of hydrogen-bond donors (Lipinski definition) is 1. The summed E-state index contributed by atoms with van der Waals surface area (Å²) in [4.78, 5) is 2.36. The van der Waals surface area contributed by atoms with Crippen LogP contribution in [-0.4, -0.2) is 36.5 Å². The van der Waals surface area contributed by atoms with Gasteiger partial charge in [0, 0.05) is 41.6 Å². The maximum atomic E-state index is 14.6. The second-order valence-electron chi connectivity index (χ2n) is 8.34. The molecule has 5 rings (SSSR count). The quantitative estimate of drug-likeness (QED) is 0.622. The van der Waals surface area contributed by atoms with Gasteiger partial charge in [0.05, 0.1) is 42.2 Å². The monoisotopic (exact) mass is 428 g/mol. The molecule has 3 heterocycles. The van der Waals surface area contributed by atoms with Crippen LogP contribution in [0.5, 0.6) is 0 Å². The molecule has 1 aromatic heterocycles. The molecule has 0 amide bonds. The average Bonchev–Trinajstić information content (AvgIpc) is 3.36. The number of hydrogen-bond acceptors (Lipinski definition) is 5. The topological polar surface area (TPSA) is 50.3 Å². The van der Waals surface area contributed by atoms with Crippen molar-refractivity contribution in [1.82, 2.24) is 10.2 Å². The first-order chi connectivity index (χ1) is 15.0. The summed E-state index contributed by atoms with van der Waals surface area (Å²) in [6.07, 6.45) is -1.27. The summed E-state index contributed by atoms with van der Waals surface area (Å²) in [6, 6.07) is 9.58. The zero-order valence-electron chi connectivity index (χ0n) is 17.1. The van der Waals surface area contributed by atoms with E-state index in [1.165, 1.54) is 12.1 Å². The summed E-state index contributed by atoms with van der Waals surface area (Å²) < 4.78 is 46.4. The van der Waals surface area contributed by atoms with E-state index in [0.29, 0.717) is 23.0 Å². The van der Waals surface area contributed by atoms with Gasteiger partial charge in [-0.15, -0.1) is 0 Å². The number of fused-ring (bicyclic) bond motifs is 2. The Morgan fingerprint density at radius 3 is 2.58 bits per heavy atom. The third kappa shape index (κ3) is 3.69. The Morgan fingerprint density at radius 2 is 1.84 bits per heavy atom. The third-order valence-electron chi connectivity index (χ3n) is 6.36. The van der Waals surface area contributed by atoms with E-state index in [-0.39, 0.29) is 5.56 Å². The predicted octanol–water partition coefficient (Wildman–Crippen LogP) is 4.96. The van der Waals surface area contributed by atoms with E-state index >= 15 is 0 Å². The lowest BCUT2D eigenvalue weighted by atomic mass is 10.0. The van der Waals surface area contributed by atoms with Crippen LogP contribution in [-0.2, 0) is 4.74 Å². The Bertz CT molecular complexity index is 1100. The molecule has 3 aromatic rings. The Labute approximate surface area is 178 Å². The molecule has 1 N–H and O–H groups in total. The van der Waals surface area contributed by atoms with E-state index in [1.54, 1.807) is 13.1 Å². The molecule has 2 aromatic carbocycles. The van der Waals surface area contributed by atoms with Gasteiger partial charge in [-0.05, 0) is 25.1 Å². The normalized spacial score (nSPS) is 21.6. The van der Waals surface area contributed by atoms with Gasteiger partial charge in [-0.1, -0.05) is 18.2 Å². The molecular formula is C23H23F3N4O. The van der Waals surface area contributed by atoms with Crippen molar-refractivity contribution in [3.05, 3.63) is 59.5 Å². The van der Waals surface area contributed by atoms with Crippen LogP contribution in [0.1, 0.15) is 30.5 Å². The molecule has 5 nitrogen and oxygen atoms in total. The molecule has 31 heavy (non-hydrogen) atoms. The lowest BCUT2D eigenvalue weighted by Gasteiger charge is -2.22. The molecule has 2 aliphatic rings. The zero-order chi connectivity index (χ0) is 21.5. The average molecular weight is 428 g/mol. The van der Waals surface area contributed by atoms with Crippen molar-refractivity contribution in [3.8, 4) is 0 Å². The van der Waals surface area contributed by atoms with Crippen LogP contribution in [0.3, 0.4) is 0 Å². The summed E-state index contributed by atoms with van der Waals surface area (Å²) in [5.41, 5.74) is 2.09. The fraction of sp³-hybridized carbons (Fsp3) is 0.391. The van der Waals surface area contributed by atoms with Gasteiger partial charge in [0.1, 0.15) is 5.82 Å². The summed E-state index contributed by atoms with van der Waals surface area (Å²) in [5, 5.41) is 12.3. The van der Waals surface area contributed by atoms with Gasteiger partial charge < -0.3 is 15.0 Å². The first-order valence-corrected chi connectivity index (χ1v) is 10.4. The molecule has 0 saturated carbocycles. The SMILES string of the molecule is C[C@@H](Nc1cnnc2ccc(N3C[C@H]4COC[C@H]4C3)cc12)c1cccc(C(F)F)c1F. The largest absolute Gasteiger partial charge is 0.381 e. The second kappa shape index (κ2) is 8.00. The molecule has 2 saturated heterocycles. The van der Waals surface area contributed by atoms with Gasteiger partial charge in [0.25, 0.3) is 6.43 Å². The highest BCUT2D eigenvalue weighted by atomic mass is 19.3. The van der Waals surface area contributed by atoms with Gasteiger partial charge in [0.15, 0.2) is 0 Å². The molecule has 2 fully saturated rings. The Hall–Kier alpha value is -2.87. The molecule has 0 aliphatic carbocycles. The number of rotatable bonds is 5. The molecular weight excluding hydrogens is 405 g/mol. The van der Waals surface area contributed by atoms with Gasteiger partial charge in [-0.3, -0.25) is 0 Å². The van der Waals surface area contributed by atoms with Crippen LogP contribution < -0.4 is 10.2 Å². The number of halogens is 3. The Morgan fingerprint density at radius 1 is 1.10 bits per heavy atom. The molecule has 0 radical (unpaired) electrons. The summed E-state index contributed by atoms with van der Waals surface area (Å²) >= 11 is 0. The minimum absolute atomic E-state index is 0.186. The molecule has 0 unspecified atom stereocenters. The highest BCUT2D eigenvalue weighted by Crippen LogP contribution is 2.35. The van der Waals surface area contributed by atoms with Crippen molar-refractivity contribution in [3.63, 3.8) is 0 Å². The lowest BCUT2D eigenvalue weighted by molar-refractivity contribution is 0.146. The second-order valence-corrected chi connectivity index (χ2v) is 8.34. The van der Waals surface area contributed by atoms with Gasteiger partial charge >= 0.3 is 0 Å². The van der Waals surface area contributed by atoms with Crippen molar-refractivity contribution >= 4 is 22.3 Å². The fourth-order valence-electron chi connectivity index (χ4n) is 4.64. The van der Waals surface area contributed by atoms with Crippen LogP contribution in [0.2, 0.25) is 0 Å². The summed E-state index contributed by atoms with van der Waals surface area (Å²) in [5.74, 6) is 0.248. The van der Waals surface area contributed by atoms with Crippen molar-refractivity contribution in [2.75, 3.05) is 36.5 Å². The first kappa shape index (κ1) is 20.1. The van der Waals surface area contributed by atoms with Gasteiger partial charge in [-0.25, -0.2) is 13.2 Å². The highest BCUT2D eigenvalue weighted by molar-refractivity contribution is 5.93. The Balaban J connectivity index is 1.44. The van der Waals surface area contributed by atoms with Gasteiger partial charge in [-0.2, -0.15) is 10.2 Å².